The number of likely N-dealkylation sites (N-methyl/N-ethyl adjacent to an activating group) is 1. The van der Waals surface area contributed by atoms with Gasteiger partial charge in [0.1, 0.15) is 11.5 Å². The summed E-state index contributed by atoms with van der Waals surface area (Å²) >= 11 is 0. The number of nitrogens with zero attached hydrogens (tertiary/aromatic N) is 2. The zero-order valence-corrected chi connectivity index (χ0v) is 19.5. The summed E-state index contributed by atoms with van der Waals surface area (Å²) in [6.07, 6.45) is 0.427. The molecule has 2 heterocycles. The molecule has 8 nitrogen and oxygen atoms in total. The fourth-order valence-electron chi connectivity index (χ4n) is 4.87. The second kappa shape index (κ2) is 9.30. The minimum atomic E-state index is -1.74. The number of methoxy groups -OCH3 is 1. The molecule has 1 N–H and O–H groups in total. The van der Waals surface area contributed by atoms with Crippen molar-refractivity contribution < 1.29 is 29.0 Å². The Morgan fingerprint density at radius 2 is 1.74 bits per heavy atom. The maximum Gasteiger partial charge on any atom is 0.296 e. The first-order valence-corrected chi connectivity index (χ1v) is 11.4. The van der Waals surface area contributed by atoms with Gasteiger partial charge in [0.05, 0.1) is 17.9 Å². The standard InChI is InChI=1S/C26H28N2O6/c1-4-27-20-10-7-6-9-19(20)26(25(27)32)21(23(30)24(31)28(26)15-8-16-33-3)22(29)17-11-13-18(14-12-17)34-5-2/h6-7,9-14,29H,4-5,8,15-16H2,1-3H3/b22-21+. The fraction of sp³-hybridized carbons (Fsp3) is 0.346. The van der Waals surface area contributed by atoms with Crippen LogP contribution >= 0.6 is 0 Å². The number of carbonyl (C=O) groups is 3. The molecule has 8 heteroatoms. The lowest BCUT2D eigenvalue weighted by atomic mass is 9.82. The van der Waals surface area contributed by atoms with Crippen LogP contribution in [0.2, 0.25) is 0 Å². The largest absolute Gasteiger partial charge is 0.507 e. The van der Waals surface area contributed by atoms with Crippen molar-refractivity contribution in [1.82, 2.24) is 4.90 Å². The molecule has 1 fully saturated rings. The molecule has 4 rings (SSSR count). The molecule has 0 saturated carbocycles. The number of rotatable bonds is 8. The highest BCUT2D eigenvalue weighted by Crippen LogP contribution is 2.53. The maximum atomic E-state index is 14.0. The topological polar surface area (TPSA) is 96.4 Å². The summed E-state index contributed by atoms with van der Waals surface area (Å²) in [6, 6.07) is 13.6. The average Bonchev–Trinajstić information content (AvgIpc) is 3.22. The molecule has 34 heavy (non-hydrogen) atoms. The molecule has 1 atom stereocenters. The summed E-state index contributed by atoms with van der Waals surface area (Å²) in [5.41, 5.74) is -0.514. The van der Waals surface area contributed by atoms with E-state index >= 15 is 0 Å². The number of amides is 2. The van der Waals surface area contributed by atoms with Crippen molar-refractivity contribution in [3.05, 3.63) is 65.2 Å². The van der Waals surface area contributed by atoms with E-state index in [1.807, 2.05) is 13.8 Å². The van der Waals surface area contributed by atoms with Crippen LogP contribution < -0.4 is 9.64 Å². The predicted molar refractivity (Wildman–Crippen MR) is 127 cm³/mol. The number of likely N-dealkylation sites (tertiary alicyclic amines) is 1. The van der Waals surface area contributed by atoms with E-state index in [0.29, 0.717) is 48.7 Å². The molecule has 178 valence electrons. The van der Waals surface area contributed by atoms with Gasteiger partial charge in [-0.25, -0.2) is 0 Å². The number of aliphatic hydroxyl groups is 1. The molecule has 0 aromatic heterocycles. The van der Waals surface area contributed by atoms with Gasteiger partial charge in [0.15, 0.2) is 5.54 Å². The number of ether oxygens (including phenoxy) is 2. The van der Waals surface area contributed by atoms with E-state index in [-0.39, 0.29) is 12.1 Å². The van der Waals surface area contributed by atoms with Crippen molar-refractivity contribution in [3.63, 3.8) is 0 Å². The Kier molecular flexibility index (Phi) is 6.43. The van der Waals surface area contributed by atoms with Crippen molar-refractivity contribution >= 4 is 29.0 Å². The second-order valence-electron chi connectivity index (χ2n) is 8.09. The first-order valence-electron chi connectivity index (χ1n) is 11.4. The highest BCUT2D eigenvalue weighted by atomic mass is 16.5. The SMILES string of the molecule is CCOc1ccc(/C(O)=C2/C(=O)C(=O)N(CCCOC)C23C(=O)N(CC)c2ccccc23)cc1. The summed E-state index contributed by atoms with van der Waals surface area (Å²) in [5.74, 6) is -1.92. The molecular formula is C26H28N2O6. The zero-order valence-electron chi connectivity index (χ0n) is 19.5. The van der Waals surface area contributed by atoms with E-state index in [0.717, 1.165) is 0 Å². The normalized spacial score (nSPS) is 21.0. The van der Waals surface area contributed by atoms with E-state index in [9.17, 15) is 19.5 Å². The number of anilines is 1. The molecule has 2 aliphatic heterocycles. The minimum Gasteiger partial charge on any atom is -0.507 e. The molecule has 1 saturated heterocycles. The third-order valence-electron chi connectivity index (χ3n) is 6.29. The van der Waals surface area contributed by atoms with Gasteiger partial charge in [0.2, 0.25) is 0 Å². The molecular weight excluding hydrogens is 436 g/mol. The highest BCUT2D eigenvalue weighted by molar-refractivity contribution is 6.50. The van der Waals surface area contributed by atoms with Crippen LogP contribution in [0.15, 0.2) is 54.1 Å². The van der Waals surface area contributed by atoms with Gasteiger partial charge in [0, 0.05) is 37.9 Å². The number of fused-ring (bicyclic) bond motifs is 2. The smallest absolute Gasteiger partial charge is 0.296 e. The third kappa shape index (κ3) is 3.37. The van der Waals surface area contributed by atoms with Crippen molar-refractivity contribution in [1.29, 1.82) is 0 Å². The van der Waals surface area contributed by atoms with Crippen LogP contribution in [0.25, 0.3) is 5.76 Å². The number of carbonyl (C=O) groups excluding carboxylic acids is 3. The van der Waals surface area contributed by atoms with Crippen molar-refractivity contribution in [3.8, 4) is 5.75 Å². The molecule has 2 amide bonds. The Morgan fingerprint density at radius 3 is 2.38 bits per heavy atom. The quantitative estimate of drug-likeness (QED) is 0.279. The van der Waals surface area contributed by atoms with Crippen molar-refractivity contribution in [2.75, 3.05) is 38.3 Å². The molecule has 2 aliphatic rings. The van der Waals surface area contributed by atoms with Gasteiger partial charge in [0.25, 0.3) is 17.6 Å². The van der Waals surface area contributed by atoms with Gasteiger partial charge < -0.3 is 24.4 Å². The van der Waals surface area contributed by atoms with E-state index in [1.54, 1.807) is 60.5 Å². The fourth-order valence-corrected chi connectivity index (χ4v) is 4.87. The first-order chi connectivity index (χ1) is 16.4. The molecule has 0 radical (unpaired) electrons. The van der Waals surface area contributed by atoms with E-state index in [1.165, 1.54) is 4.90 Å². The van der Waals surface area contributed by atoms with E-state index in [2.05, 4.69) is 0 Å². The number of benzene rings is 2. The van der Waals surface area contributed by atoms with Crippen molar-refractivity contribution in [2.24, 2.45) is 0 Å². The Morgan fingerprint density at radius 1 is 1.03 bits per heavy atom. The Hall–Kier alpha value is -3.65. The zero-order chi connectivity index (χ0) is 24.5. The first kappa shape index (κ1) is 23.5. The van der Waals surface area contributed by atoms with Crippen LogP contribution in [0.5, 0.6) is 5.75 Å². The number of Topliss-reactive ketones (excluding diaryl/α,β-unsaturated/α-hetero) is 1. The average molecular weight is 465 g/mol. The second-order valence-corrected chi connectivity index (χ2v) is 8.09. The Balaban J connectivity index is 1.97. The van der Waals surface area contributed by atoms with E-state index < -0.39 is 28.9 Å². The monoisotopic (exact) mass is 464 g/mol. The minimum absolute atomic E-state index is 0.121. The number of hydrogen-bond donors (Lipinski definition) is 1. The van der Waals surface area contributed by atoms with Crippen molar-refractivity contribution in [2.45, 2.75) is 25.8 Å². The van der Waals surface area contributed by atoms with Crippen LogP contribution in [0, 0.1) is 0 Å². The summed E-state index contributed by atoms with van der Waals surface area (Å²) in [5, 5.41) is 11.4. The number of ketones is 1. The van der Waals surface area contributed by atoms with Crippen LogP contribution in [-0.4, -0.2) is 61.0 Å². The molecule has 0 bridgehead atoms. The van der Waals surface area contributed by atoms with Gasteiger partial charge in [-0.05, 0) is 50.6 Å². The van der Waals surface area contributed by atoms with Crippen LogP contribution in [0.3, 0.4) is 0 Å². The van der Waals surface area contributed by atoms with Gasteiger partial charge in [-0.3, -0.25) is 14.4 Å². The van der Waals surface area contributed by atoms with Crippen LogP contribution in [0.1, 0.15) is 31.4 Å². The lowest BCUT2D eigenvalue weighted by molar-refractivity contribution is -0.143. The number of hydrogen-bond acceptors (Lipinski definition) is 6. The summed E-state index contributed by atoms with van der Waals surface area (Å²) in [7, 11) is 1.55. The van der Waals surface area contributed by atoms with Crippen LogP contribution in [0.4, 0.5) is 5.69 Å². The number of aliphatic hydroxyl groups excluding tert-OH is 1. The highest BCUT2D eigenvalue weighted by Gasteiger charge is 2.66. The molecule has 0 aliphatic carbocycles. The molecule has 2 aromatic carbocycles. The maximum absolute atomic E-state index is 14.0. The van der Waals surface area contributed by atoms with Crippen LogP contribution in [-0.2, 0) is 24.7 Å². The lowest BCUT2D eigenvalue weighted by Crippen LogP contribution is -2.52. The van der Waals surface area contributed by atoms with Gasteiger partial charge in [-0.15, -0.1) is 0 Å². The molecule has 2 aromatic rings. The lowest BCUT2D eigenvalue weighted by Gasteiger charge is -2.34. The van der Waals surface area contributed by atoms with Gasteiger partial charge in [-0.1, -0.05) is 18.2 Å². The third-order valence-corrected chi connectivity index (χ3v) is 6.29. The molecule has 1 spiro atoms. The van der Waals surface area contributed by atoms with Gasteiger partial charge >= 0.3 is 0 Å². The summed E-state index contributed by atoms with van der Waals surface area (Å²) in [4.78, 5) is 43.6. The van der Waals surface area contributed by atoms with E-state index in [4.69, 9.17) is 9.47 Å². The number of para-hydroxylation sites is 1. The summed E-state index contributed by atoms with van der Waals surface area (Å²) in [6.45, 7) is 5.00. The predicted octanol–water partition coefficient (Wildman–Crippen LogP) is 3.06. The Labute approximate surface area is 198 Å². The Bertz CT molecular complexity index is 1160. The molecule has 1 unspecified atom stereocenters. The van der Waals surface area contributed by atoms with Gasteiger partial charge in [-0.2, -0.15) is 0 Å². The summed E-state index contributed by atoms with van der Waals surface area (Å²) < 4.78 is 10.6.